The van der Waals surface area contributed by atoms with Crippen LogP contribution < -0.4 is 15.9 Å². The monoisotopic (exact) mass is 695 g/mol. The van der Waals surface area contributed by atoms with Crippen molar-refractivity contribution in [1.82, 2.24) is 14.4 Å². The lowest BCUT2D eigenvalue weighted by atomic mass is 9.98. The smallest absolute Gasteiger partial charge is 0.173 e. The Hall–Kier alpha value is -6.61. The Morgan fingerprint density at radius 3 is 1.94 bits per heavy atom. The van der Waals surface area contributed by atoms with Gasteiger partial charge in [-0.05, 0) is 68.7 Å². The van der Waals surface area contributed by atoms with Gasteiger partial charge in [0.2, 0.25) is 0 Å². The zero-order valence-electron chi connectivity index (χ0n) is 28.5. The molecule has 0 spiro atoms. The van der Waals surface area contributed by atoms with Crippen LogP contribution in [0.25, 0.3) is 81.9 Å². The first-order valence-electron chi connectivity index (χ1n) is 17.8. The summed E-state index contributed by atoms with van der Waals surface area (Å²) in [6.07, 6.45) is 1.82. The van der Waals surface area contributed by atoms with Crippen molar-refractivity contribution in [3.8, 4) is 11.3 Å². The van der Waals surface area contributed by atoms with Crippen LogP contribution in [0.3, 0.4) is 0 Å². The summed E-state index contributed by atoms with van der Waals surface area (Å²) >= 11 is 0. The maximum atomic E-state index is 15.8. The Bertz CT molecular complexity index is 3310. The molecule has 3 aromatic heterocycles. The number of hydrogen-bond donors (Lipinski definition) is 0. The van der Waals surface area contributed by atoms with Crippen molar-refractivity contribution in [1.29, 1.82) is 0 Å². The summed E-state index contributed by atoms with van der Waals surface area (Å²) in [4.78, 5) is 10.1. The van der Waals surface area contributed by atoms with Gasteiger partial charge in [0.05, 0.1) is 22.2 Å². The van der Waals surface area contributed by atoms with Crippen LogP contribution in [0, 0.1) is 0 Å². The van der Waals surface area contributed by atoms with E-state index in [9.17, 15) is 0 Å². The Morgan fingerprint density at radius 2 is 1.13 bits per heavy atom. The average Bonchev–Trinajstić information content (AvgIpc) is 3.63. The second-order valence-electron chi connectivity index (χ2n) is 13.7. The summed E-state index contributed by atoms with van der Waals surface area (Å²) in [5, 5.41) is 12.4. The minimum atomic E-state index is -3.33. The minimum Gasteiger partial charge on any atom is -0.309 e. The Kier molecular flexibility index (Phi) is 6.49. The Balaban J connectivity index is 1.09. The molecular formula is C48H30N3OP. The molecule has 5 heteroatoms. The van der Waals surface area contributed by atoms with Gasteiger partial charge in [0.15, 0.2) is 7.14 Å². The van der Waals surface area contributed by atoms with Crippen molar-refractivity contribution in [2.45, 2.75) is 0 Å². The number of hydrogen-bond acceptors (Lipinski definition) is 3. The number of imidazole rings is 1. The van der Waals surface area contributed by atoms with Gasteiger partial charge < -0.3 is 4.57 Å². The van der Waals surface area contributed by atoms with Gasteiger partial charge in [-0.3, -0.25) is 9.38 Å². The van der Waals surface area contributed by atoms with E-state index in [1.54, 1.807) is 0 Å². The van der Waals surface area contributed by atoms with Gasteiger partial charge in [-0.15, -0.1) is 0 Å². The Morgan fingerprint density at radius 1 is 0.472 bits per heavy atom. The molecule has 0 radical (unpaired) electrons. The molecule has 53 heavy (non-hydrogen) atoms. The van der Waals surface area contributed by atoms with Gasteiger partial charge in [-0.1, -0.05) is 140 Å². The second kappa shape index (κ2) is 11.4. The maximum absolute atomic E-state index is 15.8. The van der Waals surface area contributed by atoms with Crippen LogP contribution in [0.1, 0.15) is 0 Å². The van der Waals surface area contributed by atoms with Crippen LogP contribution in [-0.4, -0.2) is 14.4 Å². The lowest BCUT2D eigenvalue weighted by Gasteiger charge is -2.22. The lowest BCUT2D eigenvalue weighted by molar-refractivity contribution is 0.592. The molecule has 0 amide bonds. The molecule has 11 rings (SSSR count). The zero-order chi connectivity index (χ0) is 35.1. The van der Waals surface area contributed by atoms with Crippen LogP contribution in [0.2, 0.25) is 0 Å². The van der Waals surface area contributed by atoms with Crippen molar-refractivity contribution in [3.05, 3.63) is 182 Å². The number of pyridine rings is 2. The van der Waals surface area contributed by atoms with Crippen LogP contribution in [0.4, 0.5) is 0 Å². The van der Waals surface area contributed by atoms with Crippen LogP contribution in [0.15, 0.2) is 182 Å². The second-order valence-corrected chi connectivity index (χ2v) is 16.4. The molecule has 11 aromatic rings. The largest absolute Gasteiger partial charge is 0.309 e. The average molecular weight is 696 g/mol. The molecule has 1 unspecified atom stereocenters. The number of aromatic nitrogens is 3. The van der Waals surface area contributed by atoms with Gasteiger partial charge in [0.1, 0.15) is 5.65 Å². The van der Waals surface area contributed by atoms with Crippen molar-refractivity contribution in [2.75, 3.05) is 0 Å². The number of para-hydroxylation sites is 2. The fraction of sp³-hybridized carbons (Fsp3) is 0. The molecule has 1 atom stereocenters. The maximum Gasteiger partial charge on any atom is 0.173 e. The molecule has 0 aliphatic carbocycles. The number of fused-ring (bicyclic) bond motifs is 13. The molecule has 0 N–H and O–H groups in total. The summed E-state index contributed by atoms with van der Waals surface area (Å²) in [5.74, 6) is 0. The van der Waals surface area contributed by atoms with Gasteiger partial charge in [0, 0.05) is 43.8 Å². The SMILES string of the molecule is O=P(c1ccccc1)(c1ccc(-c2ccc3c(ccc4c5ccccc5c5nc6ccccc6n5c34)c2)nc1)c1cc2ccccc2c2ccccc12. The summed E-state index contributed by atoms with van der Waals surface area (Å²) in [7, 11) is -3.33. The van der Waals surface area contributed by atoms with Crippen LogP contribution in [0.5, 0.6) is 0 Å². The van der Waals surface area contributed by atoms with E-state index in [1.165, 1.54) is 10.8 Å². The van der Waals surface area contributed by atoms with E-state index in [0.717, 1.165) is 81.8 Å². The van der Waals surface area contributed by atoms with E-state index in [0.29, 0.717) is 5.30 Å². The van der Waals surface area contributed by atoms with Crippen molar-refractivity contribution in [3.63, 3.8) is 0 Å². The first-order chi connectivity index (χ1) is 26.2. The molecule has 8 aromatic carbocycles. The topological polar surface area (TPSA) is 47.3 Å². The Labute approximate surface area is 305 Å². The molecule has 4 nitrogen and oxygen atoms in total. The van der Waals surface area contributed by atoms with Gasteiger partial charge in [0.25, 0.3) is 0 Å². The third-order valence-electron chi connectivity index (χ3n) is 10.8. The lowest BCUT2D eigenvalue weighted by Crippen LogP contribution is -2.26. The number of benzene rings is 8. The highest BCUT2D eigenvalue weighted by Crippen LogP contribution is 2.46. The molecule has 0 bridgehead atoms. The highest BCUT2D eigenvalue weighted by atomic mass is 31.2. The predicted molar refractivity (Wildman–Crippen MR) is 223 cm³/mol. The molecule has 0 saturated heterocycles. The summed E-state index contributed by atoms with van der Waals surface area (Å²) < 4.78 is 18.2. The van der Waals surface area contributed by atoms with Crippen molar-refractivity contribution >= 4 is 93.7 Å². The van der Waals surface area contributed by atoms with Gasteiger partial charge >= 0.3 is 0 Å². The summed E-state index contributed by atoms with van der Waals surface area (Å²) in [6.45, 7) is 0. The van der Waals surface area contributed by atoms with Gasteiger partial charge in [-0.25, -0.2) is 4.98 Å². The van der Waals surface area contributed by atoms with E-state index in [-0.39, 0.29) is 0 Å². The molecule has 3 heterocycles. The molecule has 0 fully saturated rings. The molecule has 0 aliphatic heterocycles. The van der Waals surface area contributed by atoms with E-state index in [2.05, 4.69) is 120 Å². The first kappa shape index (κ1) is 30.1. The molecular weight excluding hydrogens is 666 g/mol. The highest BCUT2D eigenvalue weighted by molar-refractivity contribution is 7.85. The zero-order valence-corrected chi connectivity index (χ0v) is 29.4. The normalized spacial score (nSPS) is 13.1. The minimum absolute atomic E-state index is 0.709. The fourth-order valence-electron chi connectivity index (χ4n) is 8.38. The standard InChI is InChI=1S/C48H30N3OP/c52-53(34-13-2-1-3-14-34,46-29-31-12-4-5-15-36(31)38-16-6-8-18-40(38)46)35-24-27-43(49-30-35)33-23-25-37-32(28-33)22-26-41-39-17-7-9-19-42(39)48-50-44-20-10-11-21-45(44)51(48)47(37)41/h1-30H. The first-order valence-corrected chi connectivity index (χ1v) is 19.6. The quantitative estimate of drug-likeness (QED) is 0.136. The highest BCUT2D eigenvalue weighted by Gasteiger charge is 2.32. The third-order valence-corrected chi connectivity index (χ3v) is 13.9. The van der Waals surface area contributed by atoms with Crippen molar-refractivity contribution in [2.24, 2.45) is 0 Å². The summed E-state index contributed by atoms with van der Waals surface area (Å²) in [6, 6.07) is 60.6. The van der Waals surface area contributed by atoms with Gasteiger partial charge in [-0.2, -0.15) is 0 Å². The van der Waals surface area contributed by atoms with Crippen LogP contribution in [-0.2, 0) is 4.57 Å². The van der Waals surface area contributed by atoms with E-state index in [4.69, 9.17) is 9.97 Å². The summed E-state index contributed by atoms with van der Waals surface area (Å²) in [5.41, 5.74) is 6.01. The predicted octanol–water partition coefficient (Wildman–Crippen LogP) is 11.0. The number of rotatable bonds is 4. The van der Waals surface area contributed by atoms with E-state index < -0.39 is 7.14 Å². The van der Waals surface area contributed by atoms with Crippen LogP contribution >= 0.6 is 7.14 Å². The van der Waals surface area contributed by atoms with Crippen molar-refractivity contribution < 1.29 is 4.57 Å². The number of nitrogens with zero attached hydrogens (tertiary/aromatic N) is 3. The molecule has 0 aliphatic rings. The molecule has 0 saturated carbocycles. The van der Waals surface area contributed by atoms with E-state index in [1.807, 2.05) is 66.9 Å². The van der Waals surface area contributed by atoms with E-state index >= 15 is 4.57 Å². The third kappa shape index (κ3) is 4.40. The fourth-order valence-corrected chi connectivity index (χ4v) is 11.2. The molecule has 248 valence electrons.